The Morgan fingerprint density at radius 3 is 2.52 bits per heavy atom. The summed E-state index contributed by atoms with van der Waals surface area (Å²) in [5.74, 6) is 1.12. The van der Waals surface area contributed by atoms with Crippen molar-refractivity contribution in [3.8, 4) is 17.2 Å². The molecule has 0 aliphatic heterocycles. The summed E-state index contributed by atoms with van der Waals surface area (Å²) in [6.07, 6.45) is 0. The van der Waals surface area contributed by atoms with Crippen LogP contribution in [0.5, 0.6) is 11.5 Å². The molecular formula is C20H23N5O3S. The third-order valence-electron chi connectivity index (χ3n) is 4.05. The van der Waals surface area contributed by atoms with E-state index in [4.69, 9.17) is 9.47 Å². The van der Waals surface area contributed by atoms with Gasteiger partial charge >= 0.3 is 0 Å². The lowest BCUT2D eigenvalue weighted by Crippen LogP contribution is -2.33. The number of nitrogens with zero attached hydrogens (tertiary/aromatic N) is 4. The number of thioether (sulfide) groups is 1. The number of amides is 1. The number of nitrogens with one attached hydrogen (secondary N) is 1. The molecular weight excluding hydrogens is 390 g/mol. The van der Waals surface area contributed by atoms with Crippen LogP contribution >= 0.6 is 11.8 Å². The van der Waals surface area contributed by atoms with E-state index in [1.54, 1.807) is 37.1 Å². The van der Waals surface area contributed by atoms with Crippen LogP contribution in [-0.2, 0) is 4.79 Å². The van der Waals surface area contributed by atoms with Crippen LogP contribution < -0.4 is 14.8 Å². The molecule has 0 aliphatic rings. The van der Waals surface area contributed by atoms with Crippen molar-refractivity contribution in [3.63, 3.8) is 0 Å². The molecule has 0 radical (unpaired) electrons. The summed E-state index contributed by atoms with van der Waals surface area (Å²) in [5.41, 5.74) is 1.48. The van der Waals surface area contributed by atoms with Gasteiger partial charge in [-0.15, -0.1) is 5.10 Å². The van der Waals surface area contributed by atoms with Crippen LogP contribution in [0.2, 0.25) is 0 Å². The summed E-state index contributed by atoms with van der Waals surface area (Å²) in [4.78, 5) is 12.9. The van der Waals surface area contributed by atoms with Gasteiger partial charge < -0.3 is 14.8 Å². The standard InChI is InChI=1S/C20H23N5O3S/c1-13(2)21-19(26)18(14-8-6-5-7-9-14)29-20-22-23-24-25(20)16-12-15(27-3)10-11-17(16)28-4/h5-13,18H,1-4H3,(H,21,26). The first-order valence-electron chi connectivity index (χ1n) is 9.06. The molecule has 1 N–H and O–H groups in total. The number of hydrogen-bond donors (Lipinski definition) is 1. The fraction of sp³-hybridized carbons (Fsp3) is 0.300. The van der Waals surface area contributed by atoms with E-state index in [0.29, 0.717) is 22.3 Å². The van der Waals surface area contributed by atoms with E-state index in [0.717, 1.165) is 5.56 Å². The van der Waals surface area contributed by atoms with Gasteiger partial charge in [0.25, 0.3) is 0 Å². The van der Waals surface area contributed by atoms with Gasteiger partial charge in [0.1, 0.15) is 22.4 Å². The SMILES string of the molecule is COc1ccc(OC)c(-n2nnnc2SC(C(=O)NC(C)C)c2ccccc2)c1. The van der Waals surface area contributed by atoms with Gasteiger partial charge in [0.2, 0.25) is 11.1 Å². The van der Waals surface area contributed by atoms with E-state index in [2.05, 4.69) is 20.8 Å². The van der Waals surface area contributed by atoms with E-state index >= 15 is 0 Å². The Bertz CT molecular complexity index is 962. The van der Waals surface area contributed by atoms with Gasteiger partial charge in [0, 0.05) is 12.1 Å². The Morgan fingerprint density at radius 1 is 1.10 bits per heavy atom. The smallest absolute Gasteiger partial charge is 0.238 e. The van der Waals surface area contributed by atoms with Crippen LogP contribution in [0.1, 0.15) is 24.7 Å². The van der Waals surface area contributed by atoms with E-state index < -0.39 is 5.25 Å². The van der Waals surface area contributed by atoms with E-state index in [9.17, 15) is 4.79 Å². The van der Waals surface area contributed by atoms with Gasteiger partial charge in [-0.25, -0.2) is 0 Å². The van der Waals surface area contributed by atoms with Crippen molar-refractivity contribution in [2.75, 3.05) is 14.2 Å². The third-order valence-corrected chi connectivity index (χ3v) is 5.24. The summed E-state index contributed by atoms with van der Waals surface area (Å²) in [6, 6.07) is 14.9. The van der Waals surface area contributed by atoms with E-state index in [1.807, 2.05) is 44.2 Å². The number of methoxy groups -OCH3 is 2. The Kier molecular flexibility index (Phi) is 6.71. The van der Waals surface area contributed by atoms with Crippen molar-refractivity contribution in [1.82, 2.24) is 25.5 Å². The van der Waals surface area contributed by atoms with Crippen molar-refractivity contribution in [1.29, 1.82) is 0 Å². The highest BCUT2D eigenvalue weighted by molar-refractivity contribution is 8.00. The van der Waals surface area contributed by atoms with Crippen LogP contribution in [0.3, 0.4) is 0 Å². The van der Waals surface area contributed by atoms with Crippen LogP contribution in [0.15, 0.2) is 53.7 Å². The van der Waals surface area contributed by atoms with Crippen LogP contribution in [0.4, 0.5) is 0 Å². The zero-order chi connectivity index (χ0) is 20.8. The molecule has 0 fully saturated rings. The summed E-state index contributed by atoms with van der Waals surface area (Å²) in [6.45, 7) is 3.85. The fourth-order valence-corrected chi connectivity index (χ4v) is 3.73. The maximum absolute atomic E-state index is 12.9. The van der Waals surface area contributed by atoms with Crippen molar-refractivity contribution < 1.29 is 14.3 Å². The summed E-state index contributed by atoms with van der Waals surface area (Å²) >= 11 is 1.27. The zero-order valence-electron chi connectivity index (χ0n) is 16.7. The number of carbonyl (C=O) groups is 1. The second-order valence-corrected chi connectivity index (χ2v) is 7.56. The second-order valence-electron chi connectivity index (χ2n) is 6.48. The van der Waals surface area contributed by atoms with E-state index in [1.165, 1.54) is 11.8 Å². The molecule has 9 heteroatoms. The minimum absolute atomic E-state index is 0.0174. The number of hydrogen-bond acceptors (Lipinski definition) is 7. The molecule has 8 nitrogen and oxygen atoms in total. The topological polar surface area (TPSA) is 91.2 Å². The molecule has 1 amide bonds. The largest absolute Gasteiger partial charge is 0.497 e. The molecule has 1 heterocycles. The maximum Gasteiger partial charge on any atom is 0.238 e. The predicted molar refractivity (Wildman–Crippen MR) is 111 cm³/mol. The van der Waals surface area contributed by atoms with Crippen LogP contribution in [0.25, 0.3) is 5.69 Å². The van der Waals surface area contributed by atoms with Crippen molar-refractivity contribution in [2.45, 2.75) is 30.3 Å². The van der Waals surface area contributed by atoms with Gasteiger partial charge in [-0.1, -0.05) is 42.1 Å². The molecule has 3 rings (SSSR count). The molecule has 0 saturated heterocycles. The number of rotatable bonds is 8. The maximum atomic E-state index is 12.9. The number of aromatic nitrogens is 4. The Hall–Kier alpha value is -3.07. The summed E-state index contributed by atoms with van der Waals surface area (Å²) in [5, 5.41) is 15.0. The number of benzene rings is 2. The molecule has 0 bridgehead atoms. The fourth-order valence-electron chi connectivity index (χ4n) is 2.73. The van der Waals surface area contributed by atoms with Gasteiger partial charge in [0.05, 0.1) is 14.2 Å². The Morgan fingerprint density at radius 2 is 1.86 bits per heavy atom. The van der Waals surface area contributed by atoms with Gasteiger partial charge in [-0.2, -0.15) is 4.68 Å². The molecule has 2 aromatic carbocycles. The van der Waals surface area contributed by atoms with Crippen LogP contribution in [-0.4, -0.2) is 46.4 Å². The Labute approximate surface area is 173 Å². The second kappa shape index (κ2) is 9.42. The molecule has 1 unspecified atom stereocenters. The summed E-state index contributed by atoms with van der Waals surface area (Å²) in [7, 11) is 3.16. The van der Waals surface area contributed by atoms with Gasteiger partial charge in [0.15, 0.2) is 0 Å². The van der Waals surface area contributed by atoms with Gasteiger partial charge in [-0.05, 0) is 42.0 Å². The first kappa shape index (κ1) is 20.7. The van der Waals surface area contributed by atoms with E-state index in [-0.39, 0.29) is 11.9 Å². The zero-order valence-corrected chi connectivity index (χ0v) is 17.5. The summed E-state index contributed by atoms with van der Waals surface area (Å²) < 4.78 is 12.3. The minimum Gasteiger partial charge on any atom is -0.497 e. The Balaban J connectivity index is 1.99. The normalized spacial score (nSPS) is 11.9. The van der Waals surface area contributed by atoms with Crippen molar-refractivity contribution in [3.05, 3.63) is 54.1 Å². The molecule has 3 aromatic rings. The quantitative estimate of drug-likeness (QED) is 0.568. The highest BCUT2D eigenvalue weighted by Crippen LogP contribution is 2.37. The molecule has 1 aromatic heterocycles. The molecule has 1 atom stereocenters. The highest BCUT2D eigenvalue weighted by Gasteiger charge is 2.26. The first-order chi connectivity index (χ1) is 14.0. The monoisotopic (exact) mass is 413 g/mol. The molecule has 0 spiro atoms. The molecule has 152 valence electrons. The lowest BCUT2D eigenvalue weighted by atomic mass is 10.1. The van der Waals surface area contributed by atoms with Crippen molar-refractivity contribution in [2.24, 2.45) is 0 Å². The van der Waals surface area contributed by atoms with Crippen molar-refractivity contribution >= 4 is 17.7 Å². The van der Waals surface area contributed by atoms with Crippen LogP contribution in [0, 0.1) is 0 Å². The molecule has 0 aliphatic carbocycles. The predicted octanol–water partition coefficient (Wildman–Crippen LogP) is 3.04. The minimum atomic E-state index is -0.514. The van der Waals surface area contributed by atoms with Gasteiger partial charge in [-0.3, -0.25) is 4.79 Å². The average Bonchev–Trinajstić information content (AvgIpc) is 3.19. The number of ether oxygens (including phenoxy) is 2. The first-order valence-corrected chi connectivity index (χ1v) is 9.94. The number of carbonyl (C=O) groups excluding carboxylic acids is 1. The number of tetrazole rings is 1. The molecule has 0 saturated carbocycles. The lowest BCUT2D eigenvalue weighted by Gasteiger charge is -2.18. The average molecular weight is 414 g/mol. The highest BCUT2D eigenvalue weighted by atomic mass is 32.2. The molecule has 29 heavy (non-hydrogen) atoms. The third kappa shape index (κ3) is 4.86. The lowest BCUT2D eigenvalue weighted by molar-refractivity contribution is -0.121.